The molecule has 3 N–H and O–H groups in total. The Hall–Kier alpha value is -0.910. The fraction of sp³-hybridized carbons (Fsp3) is 0.727. The number of hydrogen-bond acceptors (Lipinski definition) is 4. The van der Waals surface area contributed by atoms with E-state index < -0.39 is 0 Å². The van der Waals surface area contributed by atoms with Crippen LogP contribution in [0.15, 0.2) is 12.4 Å². The molecule has 0 spiro atoms. The molecule has 5 heteroatoms. The lowest BCUT2D eigenvalue weighted by molar-refractivity contribution is 0.170. The number of rotatable bonds is 5. The van der Waals surface area contributed by atoms with E-state index >= 15 is 0 Å². The van der Waals surface area contributed by atoms with E-state index in [2.05, 4.69) is 31.2 Å². The molecule has 0 amide bonds. The van der Waals surface area contributed by atoms with E-state index in [0.717, 1.165) is 5.56 Å². The van der Waals surface area contributed by atoms with Crippen LogP contribution in [0.1, 0.15) is 26.3 Å². The van der Waals surface area contributed by atoms with Crippen molar-refractivity contribution in [1.29, 1.82) is 0 Å². The number of aromatic nitrogens is 2. The minimum Gasteiger partial charge on any atom is -0.395 e. The highest BCUT2D eigenvalue weighted by molar-refractivity contribution is 5.05. The molecular formula is C11H21N3O2. The van der Waals surface area contributed by atoms with Gasteiger partial charge >= 0.3 is 0 Å². The molecule has 0 bridgehead atoms. The molecule has 0 aliphatic heterocycles. The average molecular weight is 227 g/mol. The number of aliphatic hydroxyl groups excluding tert-OH is 2. The normalized spacial score (nSPS) is 12.4. The molecule has 16 heavy (non-hydrogen) atoms. The molecule has 0 radical (unpaired) electrons. The van der Waals surface area contributed by atoms with Crippen molar-refractivity contribution < 1.29 is 10.2 Å². The van der Waals surface area contributed by atoms with Crippen LogP contribution in [0.5, 0.6) is 0 Å². The van der Waals surface area contributed by atoms with E-state index in [4.69, 9.17) is 10.2 Å². The van der Waals surface area contributed by atoms with Gasteiger partial charge in [0.1, 0.15) is 0 Å². The van der Waals surface area contributed by atoms with Gasteiger partial charge in [0.05, 0.1) is 31.0 Å². The first-order valence-corrected chi connectivity index (χ1v) is 5.46. The van der Waals surface area contributed by atoms with E-state index in [-0.39, 0.29) is 24.8 Å². The second-order valence-electron chi connectivity index (χ2n) is 4.91. The van der Waals surface area contributed by atoms with Crippen LogP contribution in [0.3, 0.4) is 0 Å². The average Bonchev–Trinajstić information content (AvgIpc) is 2.67. The second-order valence-corrected chi connectivity index (χ2v) is 4.91. The van der Waals surface area contributed by atoms with Crippen molar-refractivity contribution in [3.63, 3.8) is 0 Å². The van der Waals surface area contributed by atoms with Crippen LogP contribution in [0.4, 0.5) is 0 Å². The van der Waals surface area contributed by atoms with E-state index in [9.17, 15) is 0 Å². The van der Waals surface area contributed by atoms with Crippen molar-refractivity contribution in [2.45, 2.75) is 38.9 Å². The molecule has 0 aliphatic carbocycles. The van der Waals surface area contributed by atoms with Crippen molar-refractivity contribution in [3.05, 3.63) is 18.0 Å². The van der Waals surface area contributed by atoms with Crippen LogP contribution < -0.4 is 5.32 Å². The van der Waals surface area contributed by atoms with Gasteiger partial charge in [0.2, 0.25) is 0 Å². The van der Waals surface area contributed by atoms with Crippen LogP contribution in [-0.2, 0) is 12.1 Å². The van der Waals surface area contributed by atoms with Gasteiger partial charge in [0, 0.05) is 18.3 Å². The summed E-state index contributed by atoms with van der Waals surface area (Å²) >= 11 is 0. The van der Waals surface area contributed by atoms with Gasteiger partial charge in [-0.05, 0) is 20.8 Å². The summed E-state index contributed by atoms with van der Waals surface area (Å²) in [4.78, 5) is 0. The second kappa shape index (κ2) is 5.43. The predicted molar refractivity (Wildman–Crippen MR) is 62.0 cm³/mol. The Morgan fingerprint density at radius 1 is 1.38 bits per heavy atom. The Labute approximate surface area is 96.1 Å². The minimum absolute atomic E-state index is 0.0222. The summed E-state index contributed by atoms with van der Waals surface area (Å²) in [7, 11) is 0. The first-order valence-electron chi connectivity index (χ1n) is 5.46. The summed E-state index contributed by atoms with van der Waals surface area (Å²) in [6.07, 6.45) is 3.77. The van der Waals surface area contributed by atoms with Crippen molar-refractivity contribution in [1.82, 2.24) is 15.1 Å². The molecular weight excluding hydrogens is 206 g/mol. The van der Waals surface area contributed by atoms with Crippen LogP contribution >= 0.6 is 0 Å². The van der Waals surface area contributed by atoms with Gasteiger partial charge in [-0.3, -0.25) is 4.68 Å². The van der Waals surface area contributed by atoms with Crippen molar-refractivity contribution in [2.75, 3.05) is 13.2 Å². The molecule has 0 fully saturated rings. The van der Waals surface area contributed by atoms with Gasteiger partial charge in [0.25, 0.3) is 0 Å². The molecule has 1 aromatic heterocycles. The Morgan fingerprint density at radius 2 is 2.00 bits per heavy atom. The van der Waals surface area contributed by atoms with Gasteiger partial charge in [-0.2, -0.15) is 5.10 Å². The Morgan fingerprint density at radius 3 is 2.44 bits per heavy atom. The molecule has 92 valence electrons. The maximum atomic E-state index is 8.90. The monoisotopic (exact) mass is 227 g/mol. The highest BCUT2D eigenvalue weighted by Gasteiger charge is 2.14. The number of aliphatic hydroxyl groups is 2. The molecule has 5 nitrogen and oxygen atoms in total. The Bertz CT molecular complexity index is 313. The van der Waals surface area contributed by atoms with E-state index in [0.29, 0.717) is 6.54 Å². The van der Waals surface area contributed by atoms with Crippen molar-refractivity contribution in [3.8, 4) is 0 Å². The van der Waals surface area contributed by atoms with Crippen molar-refractivity contribution >= 4 is 0 Å². The van der Waals surface area contributed by atoms with Crippen LogP contribution in [0.25, 0.3) is 0 Å². The Balaban J connectivity index is 2.53. The molecule has 0 aromatic carbocycles. The van der Waals surface area contributed by atoms with E-state index in [1.807, 2.05) is 10.9 Å². The third kappa shape index (κ3) is 3.59. The van der Waals surface area contributed by atoms with Gasteiger partial charge < -0.3 is 15.5 Å². The van der Waals surface area contributed by atoms with E-state index in [1.54, 1.807) is 6.20 Å². The lowest BCUT2D eigenvalue weighted by Gasteiger charge is -2.18. The fourth-order valence-electron chi connectivity index (χ4n) is 1.27. The smallest absolute Gasteiger partial charge is 0.0607 e. The zero-order valence-electron chi connectivity index (χ0n) is 10.1. The molecule has 0 atom stereocenters. The molecule has 1 rings (SSSR count). The standard InChI is InChI=1S/C11H21N3O2/c1-11(2,3)14-6-9(5-13-14)4-12-10(7-15)8-16/h5-6,10,12,15-16H,4,7-8H2,1-3H3. The zero-order chi connectivity index (χ0) is 12.2. The van der Waals surface area contributed by atoms with E-state index in [1.165, 1.54) is 0 Å². The number of nitrogens with one attached hydrogen (secondary N) is 1. The number of nitrogens with zero attached hydrogens (tertiary/aromatic N) is 2. The SMILES string of the molecule is CC(C)(C)n1cc(CNC(CO)CO)cn1. The summed E-state index contributed by atoms with van der Waals surface area (Å²) in [6.45, 7) is 6.72. The molecule has 0 aliphatic rings. The third-order valence-electron chi connectivity index (χ3n) is 2.36. The molecule has 0 saturated carbocycles. The summed E-state index contributed by atoms with van der Waals surface area (Å²) in [5.41, 5.74) is 1.02. The topological polar surface area (TPSA) is 70.3 Å². The highest BCUT2D eigenvalue weighted by atomic mass is 16.3. The minimum atomic E-state index is -0.266. The fourth-order valence-corrected chi connectivity index (χ4v) is 1.27. The number of hydrogen-bond donors (Lipinski definition) is 3. The molecule has 1 aromatic rings. The van der Waals surface area contributed by atoms with Gasteiger partial charge in [-0.25, -0.2) is 0 Å². The van der Waals surface area contributed by atoms with Crippen molar-refractivity contribution in [2.24, 2.45) is 0 Å². The third-order valence-corrected chi connectivity index (χ3v) is 2.36. The zero-order valence-corrected chi connectivity index (χ0v) is 10.1. The molecule has 1 heterocycles. The lowest BCUT2D eigenvalue weighted by atomic mass is 10.1. The summed E-state index contributed by atoms with van der Waals surface area (Å²) in [6, 6.07) is -0.266. The van der Waals surface area contributed by atoms with Crippen LogP contribution in [0.2, 0.25) is 0 Å². The summed E-state index contributed by atoms with van der Waals surface area (Å²) < 4.78 is 1.90. The van der Waals surface area contributed by atoms with Gasteiger partial charge in [0.15, 0.2) is 0 Å². The maximum absolute atomic E-state index is 8.90. The van der Waals surface area contributed by atoms with Gasteiger partial charge in [-0.15, -0.1) is 0 Å². The summed E-state index contributed by atoms with van der Waals surface area (Å²) in [5.74, 6) is 0. The summed E-state index contributed by atoms with van der Waals surface area (Å²) in [5, 5.41) is 25.1. The van der Waals surface area contributed by atoms with Gasteiger partial charge in [-0.1, -0.05) is 0 Å². The predicted octanol–water partition coefficient (Wildman–Crippen LogP) is 0.0809. The first-order chi connectivity index (χ1) is 7.47. The lowest BCUT2D eigenvalue weighted by Crippen LogP contribution is -2.35. The van der Waals surface area contributed by atoms with Crippen LogP contribution in [0, 0.1) is 0 Å². The highest BCUT2D eigenvalue weighted by Crippen LogP contribution is 2.12. The van der Waals surface area contributed by atoms with Crippen LogP contribution in [-0.4, -0.2) is 39.2 Å². The first kappa shape index (κ1) is 13.2. The molecule has 0 unspecified atom stereocenters. The largest absolute Gasteiger partial charge is 0.395 e. The maximum Gasteiger partial charge on any atom is 0.0607 e. The molecule has 0 saturated heterocycles. The quantitative estimate of drug-likeness (QED) is 0.666. The Kier molecular flexibility index (Phi) is 4.46.